The monoisotopic (exact) mass is 738 g/mol. The molecule has 4 aromatic rings. The standard InChI is InChI=1S/C33H34.C13H15N.C6H7N.C2H6/c1-6-8-10-13-27(3)14-11-12-16-31-21-25-33(26-22-31)29(5)18-17-28(4)32-23-19-30(20-24-32)15-9-7-2;1-2-10-14-13-9-5-7-11-6-3-4-8-12(11)13;7-6-4-2-1-3-5-6;1-2/h6,8-26H,3-5,7H2,1-2H3;2-3,5-7,9-10,14H,4,8H2,1H3;1-5H,7H2;1-2H3/b8-6-,13-10-,14-11-,15-9-,16-12-,18-17-;10-2+;;. The number of allylic oxidation sites excluding steroid dienone is 15. The quantitative estimate of drug-likeness (QED) is 0.106. The number of nitrogens with two attached hydrogens (primary N) is 1. The van der Waals surface area contributed by atoms with Crippen LogP contribution in [0.2, 0.25) is 0 Å². The zero-order chi connectivity index (χ0) is 40.8. The van der Waals surface area contributed by atoms with E-state index < -0.39 is 0 Å². The highest BCUT2D eigenvalue weighted by atomic mass is 14.8. The molecule has 288 valence electrons. The van der Waals surface area contributed by atoms with Crippen molar-refractivity contribution in [1.82, 2.24) is 0 Å². The highest BCUT2D eigenvalue weighted by Gasteiger charge is 2.07. The normalized spacial score (nSPS) is 12.0. The second-order valence-corrected chi connectivity index (χ2v) is 12.5. The van der Waals surface area contributed by atoms with Crippen molar-refractivity contribution in [1.29, 1.82) is 0 Å². The summed E-state index contributed by atoms with van der Waals surface area (Å²) < 4.78 is 0. The Hall–Kier alpha value is -6.38. The fourth-order valence-electron chi connectivity index (χ4n) is 5.20. The van der Waals surface area contributed by atoms with Crippen molar-refractivity contribution in [2.75, 3.05) is 11.1 Å². The van der Waals surface area contributed by atoms with Crippen molar-refractivity contribution in [3.05, 3.63) is 235 Å². The summed E-state index contributed by atoms with van der Waals surface area (Å²) in [5, 5.41) is 3.31. The fourth-order valence-corrected chi connectivity index (χ4v) is 5.20. The van der Waals surface area contributed by atoms with Gasteiger partial charge in [-0.15, -0.1) is 0 Å². The molecule has 0 aromatic heterocycles. The first-order chi connectivity index (χ1) is 27.3. The average molecular weight is 739 g/mol. The second kappa shape index (κ2) is 28.1. The minimum atomic E-state index is 0.822. The molecule has 0 saturated heterocycles. The molecular formula is C54H62N2. The van der Waals surface area contributed by atoms with E-state index in [1.807, 2.05) is 125 Å². The Kier molecular flexibility index (Phi) is 23.0. The van der Waals surface area contributed by atoms with Gasteiger partial charge in [0.05, 0.1) is 0 Å². The number of fused-ring (bicyclic) bond motifs is 1. The third kappa shape index (κ3) is 18.1. The third-order valence-corrected chi connectivity index (χ3v) is 8.19. The van der Waals surface area contributed by atoms with Gasteiger partial charge in [0, 0.05) is 11.4 Å². The smallest absolute Gasteiger partial charge is 0.0418 e. The lowest BCUT2D eigenvalue weighted by Gasteiger charge is -2.14. The van der Waals surface area contributed by atoms with Crippen LogP contribution in [-0.4, -0.2) is 0 Å². The Bertz CT molecular complexity index is 2010. The number of rotatable bonds is 13. The summed E-state index contributed by atoms with van der Waals surface area (Å²) in [5.41, 5.74) is 17.6. The van der Waals surface area contributed by atoms with E-state index in [1.54, 1.807) is 0 Å². The Morgan fingerprint density at radius 1 is 0.661 bits per heavy atom. The van der Waals surface area contributed by atoms with Crippen LogP contribution in [0.1, 0.15) is 80.8 Å². The summed E-state index contributed by atoms with van der Waals surface area (Å²) in [4.78, 5) is 0. The molecule has 0 heterocycles. The van der Waals surface area contributed by atoms with Gasteiger partial charge in [0.2, 0.25) is 0 Å². The summed E-state index contributed by atoms with van der Waals surface area (Å²) in [6.07, 6.45) is 36.1. The van der Waals surface area contributed by atoms with Crippen LogP contribution < -0.4 is 11.1 Å². The minimum Gasteiger partial charge on any atom is -0.399 e. The summed E-state index contributed by atoms with van der Waals surface area (Å²) in [7, 11) is 0. The molecule has 1 aliphatic carbocycles. The molecule has 0 saturated carbocycles. The number of hydrogen-bond acceptors (Lipinski definition) is 2. The zero-order valence-electron chi connectivity index (χ0n) is 34.3. The predicted octanol–water partition coefficient (Wildman–Crippen LogP) is 15.5. The maximum Gasteiger partial charge on any atom is 0.0418 e. The molecule has 1 aliphatic rings. The van der Waals surface area contributed by atoms with Crippen LogP contribution in [0.5, 0.6) is 0 Å². The Labute approximate surface area is 339 Å². The lowest BCUT2D eigenvalue weighted by Crippen LogP contribution is -1.99. The molecule has 0 atom stereocenters. The molecule has 2 heteroatoms. The maximum absolute atomic E-state index is 5.36. The topological polar surface area (TPSA) is 38.0 Å². The molecule has 3 N–H and O–H groups in total. The van der Waals surface area contributed by atoms with E-state index in [-0.39, 0.29) is 0 Å². The van der Waals surface area contributed by atoms with Crippen LogP contribution in [0.25, 0.3) is 29.4 Å². The first-order valence-electron chi connectivity index (χ1n) is 19.6. The van der Waals surface area contributed by atoms with Gasteiger partial charge in [-0.1, -0.05) is 211 Å². The van der Waals surface area contributed by atoms with Gasteiger partial charge in [0.15, 0.2) is 0 Å². The number of hydrogen-bond donors (Lipinski definition) is 2. The number of anilines is 2. The Morgan fingerprint density at radius 2 is 1.25 bits per heavy atom. The van der Waals surface area contributed by atoms with E-state index in [0.717, 1.165) is 58.4 Å². The number of benzene rings is 4. The molecular weight excluding hydrogens is 677 g/mol. The number of nitrogen functional groups attached to an aromatic ring is 1. The summed E-state index contributed by atoms with van der Waals surface area (Å²) in [6.45, 7) is 22.5. The van der Waals surface area contributed by atoms with E-state index in [0.29, 0.717) is 0 Å². The van der Waals surface area contributed by atoms with E-state index in [1.165, 1.54) is 22.4 Å². The van der Waals surface area contributed by atoms with Crippen LogP contribution in [-0.2, 0) is 6.42 Å². The molecule has 4 aromatic carbocycles. The molecule has 0 spiro atoms. The highest BCUT2D eigenvalue weighted by molar-refractivity contribution is 5.80. The van der Waals surface area contributed by atoms with Gasteiger partial charge in [-0.05, 0) is 108 Å². The van der Waals surface area contributed by atoms with E-state index in [4.69, 9.17) is 5.73 Å². The first kappa shape index (κ1) is 45.8. The summed E-state index contributed by atoms with van der Waals surface area (Å²) in [5.74, 6) is 0. The molecule has 5 rings (SSSR count). The van der Waals surface area contributed by atoms with Gasteiger partial charge in [0.25, 0.3) is 0 Å². The maximum atomic E-state index is 5.36. The van der Waals surface area contributed by atoms with Crippen molar-refractivity contribution >= 4 is 40.7 Å². The molecule has 0 fully saturated rings. The molecule has 2 nitrogen and oxygen atoms in total. The second-order valence-electron chi connectivity index (χ2n) is 12.5. The van der Waals surface area contributed by atoms with E-state index in [2.05, 4.69) is 129 Å². The molecule has 0 aliphatic heterocycles. The Morgan fingerprint density at radius 3 is 1.79 bits per heavy atom. The molecule has 0 amide bonds. The van der Waals surface area contributed by atoms with Crippen molar-refractivity contribution in [2.24, 2.45) is 0 Å². The molecule has 0 radical (unpaired) electrons. The third-order valence-electron chi connectivity index (χ3n) is 8.19. The lowest BCUT2D eigenvalue weighted by molar-refractivity contribution is 0.987. The van der Waals surface area contributed by atoms with Crippen LogP contribution in [0.3, 0.4) is 0 Å². The molecule has 56 heavy (non-hydrogen) atoms. The van der Waals surface area contributed by atoms with Crippen molar-refractivity contribution in [3.8, 4) is 0 Å². The van der Waals surface area contributed by atoms with E-state index >= 15 is 0 Å². The van der Waals surface area contributed by atoms with Gasteiger partial charge in [-0.3, -0.25) is 0 Å². The average Bonchev–Trinajstić information content (AvgIpc) is 3.24. The highest BCUT2D eigenvalue weighted by Crippen LogP contribution is 2.26. The van der Waals surface area contributed by atoms with Crippen molar-refractivity contribution in [2.45, 2.75) is 53.9 Å². The van der Waals surface area contributed by atoms with Gasteiger partial charge >= 0.3 is 0 Å². The van der Waals surface area contributed by atoms with Gasteiger partial charge in [-0.25, -0.2) is 0 Å². The fraction of sp³-hybridized carbons (Fsp3) is 0.148. The van der Waals surface area contributed by atoms with Crippen LogP contribution in [0, 0.1) is 0 Å². The summed E-state index contributed by atoms with van der Waals surface area (Å²) >= 11 is 0. The van der Waals surface area contributed by atoms with Gasteiger partial charge in [0.1, 0.15) is 0 Å². The number of nitrogens with one attached hydrogen (secondary N) is 1. The minimum absolute atomic E-state index is 0.822. The molecule has 0 unspecified atom stereocenters. The van der Waals surface area contributed by atoms with Crippen LogP contribution in [0.4, 0.5) is 11.4 Å². The van der Waals surface area contributed by atoms with Gasteiger partial charge < -0.3 is 11.1 Å². The largest absolute Gasteiger partial charge is 0.399 e. The summed E-state index contributed by atoms with van der Waals surface area (Å²) in [6, 6.07) is 32.7. The first-order valence-corrected chi connectivity index (χ1v) is 19.6. The Balaban J connectivity index is 0.000000379. The molecule has 0 bridgehead atoms. The van der Waals surface area contributed by atoms with Gasteiger partial charge in [-0.2, -0.15) is 0 Å². The zero-order valence-corrected chi connectivity index (χ0v) is 34.3. The predicted molar refractivity (Wildman–Crippen MR) is 255 cm³/mol. The van der Waals surface area contributed by atoms with Crippen molar-refractivity contribution < 1.29 is 0 Å². The lowest BCUT2D eigenvalue weighted by atomic mass is 9.96. The number of para-hydroxylation sites is 1. The van der Waals surface area contributed by atoms with Crippen LogP contribution in [0.15, 0.2) is 201 Å². The van der Waals surface area contributed by atoms with Crippen molar-refractivity contribution in [3.63, 3.8) is 0 Å². The van der Waals surface area contributed by atoms with E-state index in [9.17, 15) is 0 Å². The van der Waals surface area contributed by atoms with Crippen LogP contribution >= 0.6 is 0 Å². The SMILES string of the molecule is C/C=C/Nc1cccc2c1CCC=C2.C=C(/C=C\C=C/C)/C=C\C=C/c1ccc(C(=C)/C=C\C(=C)c2ccc(/C=C\CC)cc2)cc1.CC.Nc1ccccc1.